The van der Waals surface area contributed by atoms with E-state index in [2.05, 4.69) is 50.1 Å². The summed E-state index contributed by atoms with van der Waals surface area (Å²) in [6.45, 7) is 9.55. The molecule has 2 rings (SSSR count). The largest absolute Gasteiger partial charge is 0.474 e. The van der Waals surface area contributed by atoms with Crippen LogP contribution in [-0.2, 0) is 6.54 Å². The molecule has 3 heteroatoms. The molecular formula is C16H26N2O. The van der Waals surface area contributed by atoms with Gasteiger partial charge in [-0.3, -0.25) is 0 Å². The number of nitrogens with zero attached hydrogens (tertiary/aromatic N) is 1. The molecule has 1 heterocycles. The van der Waals surface area contributed by atoms with Crippen molar-refractivity contribution in [3.8, 4) is 5.88 Å². The van der Waals surface area contributed by atoms with Gasteiger partial charge >= 0.3 is 0 Å². The number of ether oxygens (including phenoxy) is 1. The van der Waals surface area contributed by atoms with Crippen molar-refractivity contribution in [3.05, 3.63) is 23.4 Å². The minimum atomic E-state index is 0.390. The second-order valence-corrected chi connectivity index (χ2v) is 6.10. The van der Waals surface area contributed by atoms with Gasteiger partial charge < -0.3 is 10.1 Å². The SMILES string of the molecule is CC(C)NCc1cc(OC2CCC2)nc(C(C)C)c1. The predicted molar refractivity (Wildman–Crippen MR) is 78.6 cm³/mol. The lowest BCUT2D eigenvalue weighted by Gasteiger charge is -2.26. The maximum atomic E-state index is 5.95. The molecule has 0 unspecified atom stereocenters. The summed E-state index contributed by atoms with van der Waals surface area (Å²) in [5.41, 5.74) is 2.39. The summed E-state index contributed by atoms with van der Waals surface area (Å²) in [5, 5.41) is 3.45. The molecule has 0 radical (unpaired) electrons. The first-order valence-corrected chi connectivity index (χ1v) is 7.45. The summed E-state index contributed by atoms with van der Waals surface area (Å²) in [7, 11) is 0. The van der Waals surface area contributed by atoms with Crippen molar-refractivity contribution in [3.63, 3.8) is 0 Å². The fourth-order valence-corrected chi connectivity index (χ4v) is 2.02. The molecule has 1 N–H and O–H groups in total. The van der Waals surface area contributed by atoms with Gasteiger partial charge in [-0.1, -0.05) is 27.7 Å². The number of hydrogen-bond donors (Lipinski definition) is 1. The Labute approximate surface area is 116 Å². The van der Waals surface area contributed by atoms with Gasteiger partial charge in [-0.05, 0) is 36.8 Å². The van der Waals surface area contributed by atoms with E-state index in [0.29, 0.717) is 18.1 Å². The second kappa shape index (κ2) is 6.38. The van der Waals surface area contributed by atoms with Crippen LogP contribution in [-0.4, -0.2) is 17.1 Å². The first kappa shape index (κ1) is 14.3. The molecule has 1 aromatic rings. The van der Waals surface area contributed by atoms with Crippen LogP contribution in [0.3, 0.4) is 0 Å². The highest BCUT2D eigenvalue weighted by atomic mass is 16.5. The average Bonchev–Trinajstić information content (AvgIpc) is 2.31. The molecule has 0 amide bonds. The van der Waals surface area contributed by atoms with Crippen molar-refractivity contribution in [2.45, 2.75) is 71.6 Å². The third-order valence-electron chi connectivity index (χ3n) is 3.53. The highest BCUT2D eigenvalue weighted by Crippen LogP contribution is 2.26. The van der Waals surface area contributed by atoms with Crippen LogP contribution in [0.4, 0.5) is 0 Å². The molecule has 106 valence electrons. The summed E-state index contributed by atoms with van der Waals surface area (Å²) < 4.78 is 5.95. The Morgan fingerprint density at radius 1 is 1.26 bits per heavy atom. The molecule has 0 saturated heterocycles. The monoisotopic (exact) mass is 262 g/mol. The summed E-state index contributed by atoms with van der Waals surface area (Å²) in [6.07, 6.45) is 4.03. The quantitative estimate of drug-likeness (QED) is 0.850. The molecule has 1 aliphatic rings. The molecule has 19 heavy (non-hydrogen) atoms. The molecule has 0 spiro atoms. The minimum Gasteiger partial charge on any atom is -0.474 e. The summed E-state index contributed by atoms with van der Waals surface area (Å²) in [5.74, 6) is 1.24. The van der Waals surface area contributed by atoms with Gasteiger partial charge in [-0.15, -0.1) is 0 Å². The van der Waals surface area contributed by atoms with Crippen LogP contribution in [0.1, 0.15) is 64.1 Å². The van der Waals surface area contributed by atoms with Gasteiger partial charge in [0.1, 0.15) is 6.10 Å². The molecule has 3 nitrogen and oxygen atoms in total. The highest BCUT2D eigenvalue weighted by Gasteiger charge is 2.20. The van der Waals surface area contributed by atoms with Crippen LogP contribution in [0.25, 0.3) is 0 Å². The van der Waals surface area contributed by atoms with Crippen molar-refractivity contribution in [2.24, 2.45) is 0 Å². The summed E-state index contributed by atoms with van der Waals surface area (Å²) in [6, 6.07) is 4.76. The minimum absolute atomic E-state index is 0.390. The van der Waals surface area contributed by atoms with E-state index < -0.39 is 0 Å². The third kappa shape index (κ3) is 4.20. The second-order valence-electron chi connectivity index (χ2n) is 6.10. The van der Waals surface area contributed by atoms with Crippen molar-refractivity contribution in [1.29, 1.82) is 0 Å². The Morgan fingerprint density at radius 3 is 2.53 bits per heavy atom. The summed E-state index contributed by atoms with van der Waals surface area (Å²) >= 11 is 0. The van der Waals surface area contributed by atoms with E-state index in [9.17, 15) is 0 Å². The average molecular weight is 262 g/mol. The Kier molecular flexibility index (Phi) is 4.81. The van der Waals surface area contributed by atoms with Crippen molar-refractivity contribution in [2.75, 3.05) is 0 Å². The van der Waals surface area contributed by atoms with E-state index in [1.165, 1.54) is 24.8 Å². The third-order valence-corrected chi connectivity index (χ3v) is 3.53. The first-order valence-electron chi connectivity index (χ1n) is 7.45. The Hall–Kier alpha value is -1.09. The van der Waals surface area contributed by atoms with Crippen LogP contribution < -0.4 is 10.1 Å². The van der Waals surface area contributed by atoms with Crippen LogP contribution in [0.5, 0.6) is 5.88 Å². The molecule has 1 saturated carbocycles. The van der Waals surface area contributed by atoms with Crippen LogP contribution >= 0.6 is 0 Å². The zero-order valence-corrected chi connectivity index (χ0v) is 12.6. The van der Waals surface area contributed by atoms with E-state index in [4.69, 9.17) is 4.74 Å². The molecular weight excluding hydrogens is 236 g/mol. The molecule has 1 fully saturated rings. The molecule has 1 aromatic heterocycles. The van der Waals surface area contributed by atoms with Crippen molar-refractivity contribution < 1.29 is 4.74 Å². The maximum Gasteiger partial charge on any atom is 0.214 e. The number of hydrogen-bond acceptors (Lipinski definition) is 3. The first-order chi connectivity index (χ1) is 9.04. The summed E-state index contributed by atoms with van der Waals surface area (Å²) in [4.78, 5) is 4.63. The number of pyridine rings is 1. The van der Waals surface area contributed by atoms with Gasteiger partial charge in [0.25, 0.3) is 0 Å². The molecule has 0 bridgehead atoms. The lowest BCUT2D eigenvalue weighted by Crippen LogP contribution is -2.25. The van der Waals surface area contributed by atoms with Gasteiger partial charge in [0.15, 0.2) is 0 Å². The molecule has 0 aromatic carbocycles. The van der Waals surface area contributed by atoms with Crippen LogP contribution in [0.2, 0.25) is 0 Å². The van der Waals surface area contributed by atoms with Gasteiger partial charge in [-0.2, -0.15) is 0 Å². The zero-order chi connectivity index (χ0) is 13.8. The van der Waals surface area contributed by atoms with Crippen LogP contribution in [0.15, 0.2) is 12.1 Å². The smallest absolute Gasteiger partial charge is 0.214 e. The van der Waals surface area contributed by atoms with Gasteiger partial charge in [0.2, 0.25) is 5.88 Å². The fraction of sp³-hybridized carbons (Fsp3) is 0.688. The predicted octanol–water partition coefficient (Wildman–Crippen LogP) is 3.63. The van der Waals surface area contributed by atoms with E-state index >= 15 is 0 Å². The lowest BCUT2D eigenvalue weighted by molar-refractivity contribution is 0.114. The van der Waals surface area contributed by atoms with Crippen molar-refractivity contribution >= 4 is 0 Å². The zero-order valence-electron chi connectivity index (χ0n) is 12.6. The number of rotatable bonds is 6. The topological polar surface area (TPSA) is 34.1 Å². The van der Waals surface area contributed by atoms with Gasteiger partial charge in [-0.25, -0.2) is 4.98 Å². The number of aromatic nitrogens is 1. The Balaban J connectivity index is 2.11. The highest BCUT2D eigenvalue weighted by molar-refractivity contribution is 5.27. The van der Waals surface area contributed by atoms with E-state index in [1.807, 2.05) is 0 Å². The Bertz CT molecular complexity index is 411. The molecule has 0 aliphatic heterocycles. The maximum absolute atomic E-state index is 5.95. The Morgan fingerprint density at radius 2 is 2.00 bits per heavy atom. The fourth-order valence-electron chi connectivity index (χ4n) is 2.02. The van der Waals surface area contributed by atoms with E-state index in [0.717, 1.165) is 18.1 Å². The van der Waals surface area contributed by atoms with E-state index in [1.54, 1.807) is 0 Å². The van der Waals surface area contributed by atoms with Crippen molar-refractivity contribution in [1.82, 2.24) is 10.3 Å². The standard InChI is InChI=1S/C16H26N2O/c1-11(2)15-8-13(10-17-12(3)4)9-16(18-15)19-14-6-5-7-14/h8-9,11-12,14,17H,5-7,10H2,1-4H3. The normalized spacial score (nSPS) is 15.9. The van der Waals surface area contributed by atoms with Gasteiger partial charge in [0, 0.05) is 24.3 Å². The number of nitrogens with one attached hydrogen (secondary N) is 1. The molecule has 1 aliphatic carbocycles. The lowest BCUT2D eigenvalue weighted by atomic mass is 9.96. The van der Waals surface area contributed by atoms with Gasteiger partial charge in [0.05, 0.1) is 0 Å². The van der Waals surface area contributed by atoms with Crippen LogP contribution in [0, 0.1) is 0 Å². The molecule has 0 atom stereocenters. The van der Waals surface area contributed by atoms with E-state index in [-0.39, 0.29) is 0 Å².